The van der Waals surface area contributed by atoms with E-state index in [1.54, 1.807) is 54.7 Å². The summed E-state index contributed by atoms with van der Waals surface area (Å²) in [6.07, 6.45) is 1.58. The van der Waals surface area contributed by atoms with E-state index in [4.69, 9.17) is 26.6 Å². The van der Waals surface area contributed by atoms with Gasteiger partial charge in [0, 0.05) is 28.9 Å². The number of halogens is 2. The largest absolute Gasteiger partial charge is 0.492 e. The fraction of sp³-hybridized carbons (Fsp3) is 0.208. The third kappa shape index (κ3) is 6.78. The zero-order chi connectivity index (χ0) is 22.1. The molecule has 0 saturated carbocycles. The Balaban J connectivity index is 1.58. The highest BCUT2D eigenvalue weighted by Gasteiger charge is 2.06. The molecule has 0 atom stereocenters. The summed E-state index contributed by atoms with van der Waals surface area (Å²) < 4.78 is 20.0. The summed E-state index contributed by atoms with van der Waals surface area (Å²) in [5.41, 5.74) is 2.25. The molecule has 2 aromatic carbocycles. The summed E-state index contributed by atoms with van der Waals surface area (Å²) in [5, 5.41) is 21.6. The van der Waals surface area contributed by atoms with Crippen LogP contribution >= 0.6 is 11.6 Å². The first-order valence-electron chi connectivity index (χ1n) is 9.70. The number of ether oxygens (including phenoxy) is 1. The normalized spacial score (nSPS) is 10.6. The van der Waals surface area contributed by atoms with Gasteiger partial charge in [0.05, 0.1) is 19.3 Å². The third-order valence-electron chi connectivity index (χ3n) is 4.44. The van der Waals surface area contributed by atoms with E-state index in [-0.39, 0.29) is 24.9 Å². The summed E-state index contributed by atoms with van der Waals surface area (Å²) in [7, 11) is 0. The Hall–Kier alpha value is -2.95. The van der Waals surface area contributed by atoms with E-state index in [2.05, 4.69) is 22.1 Å². The molecule has 1 aromatic heterocycles. The van der Waals surface area contributed by atoms with Crippen molar-refractivity contribution in [3.63, 3.8) is 0 Å². The molecule has 0 aliphatic rings. The van der Waals surface area contributed by atoms with Crippen molar-refractivity contribution in [1.29, 1.82) is 0 Å². The van der Waals surface area contributed by atoms with Crippen molar-refractivity contribution in [2.75, 3.05) is 26.4 Å². The van der Waals surface area contributed by atoms with E-state index < -0.39 is 5.82 Å². The van der Waals surface area contributed by atoms with Gasteiger partial charge in [0.15, 0.2) is 5.82 Å². The van der Waals surface area contributed by atoms with Crippen LogP contribution in [-0.4, -0.2) is 47.6 Å². The molecule has 0 unspecified atom stereocenters. The average molecular weight is 441 g/mol. The minimum Gasteiger partial charge on any atom is -0.492 e. The number of aliphatic hydroxyl groups is 2. The molecule has 3 rings (SSSR count). The molecule has 31 heavy (non-hydrogen) atoms. The van der Waals surface area contributed by atoms with Crippen LogP contribution in [0.2, 0.25) is 5.02 Å². The highest BCUT2D eigenvalue weighted by Crippen LogP contribution is 2.22. The van der Waals surface area contributed by atoms with Crippen molar-refractivity contribution in [1.82, 2.24) is 10.3 Å². The monoisotopic (exact) mass is 440 g/mol. The van der Waals surface area contributed by atoms with Gasteiger partial charge in [-0.05, 0) is 53.9 Å². The maximum absolute atomic E-state index is 14.4. The summed E-state index contributed by atoms with van der Waals surface area (Å²) in [6, 6.07) is 15.3. The second-order valence-corrected chi connectivity index (χ2v) is 7.14. The van der Waals surface area contributed by atoms with Crippen LogP contribution in [0.25, 0.3) is 11.1 Å². The number of aliphatic hydroxyl groups excluding tert-OH is 2. The highest BCUT2D eigenvalue weighted by atomic mass is 35.5. The summed E-state index contributed by atoms with van der Waals surface area (Å²) in [5.74, 6) is 5.83. The number of hydrogen-bond acceptors (Lipinski definition) is 5. The van der Waals surface area contributed by atoms with Gasteiger partial charge in [-0.1, -0.05) is 29.7 Å². The third-order valence-corrected chi connectivity index (χ3v) is 4.69. The Labute approximate surface area is 185 Å². The summed E-state index contributed by atoms with van der Waals surface area (Å²) >= 11 is 5.88. The predicted octanol–water partition coefficient (Wildman–Crippen LogP) is 3.26. The minimum absolute atomic E-state index is 0.0754. The molecule has 0 fully saturated rings. The van der Waals surface area contributed by atoms with Gasteiger partial charge in [0.2, 0.25) is 0 Å². The molecule has 0 spiro atoms. The topological polar surface area (TPSA) is 74.6 Å². The Morgan fingerprint density at radius 2 is 1.71 bits per heavy atom. The molecule has 160 valence electrons. The number of aromatic nitrogens is 1. The van der Waals surface area contributed by atoms with E-state index in [1.807, 2.05) is 0 Å². The standard InChI is InChI=1S/C24H22ClFN2O3/c25-20-6-4-18(5-7-20)19-13-23(26)24(28-14-19)10-3-17-1-8-22(9-2-17)31-12-11-27-21(15-29)16-30/h1-2,4-9,13-14,21,27,29-30H,11-12,15-16H2. The van der Waals surface area contributed by atoms with Gasteiger partial charge in [-0.3, -0.25) is 0 Å². The number of benzene rings is 2. The molecule has 0 saturated heterocycles. The lowest BCUT2D eigenvalue weighted by molar-refractivity contribution is 0.166. The molecular formula is C24H22ClFN2O3. The van der Waals surface area contributed by atoms with Gasteiger partial charge in [-0.15, -0.1) is 0 Å². The van der Waals surface area contributed by atoms with Crippen LogP contribution in [0.15, 0.2) is 60.8 Å². The lowest BCUT2D eigenvalue weighted by Crippen LogP contribution is -2.38. The van der Waals surface area contributed by atoms with Gasteiger partial charge < -0.3 is 20.3 Å². The Bertz CT molecular complexity index is 1040. The molecule has 0 amide bonds. The number of hydrogen-bond donors (Lipinski definition) is 3. The van der Waals surface area contributed by atoms with Crippen LogP contribution in [0, 0.1) is 17.7 Å². The Morgan fingerprint density at radius 3 is 2.35 bits per heavy atom. The van der Waals surface area contributed by atoms with Gasteiger partial charge in [-0.25, -0.2) is 9.37 Å². The number of nitrogens with zero attached hydrogens (tertiary/aromatic N) is 1. The maximum Gasteiger partial charge on any atom is 0.158 e. The van der Waals surface area contributed by atoms with E-state index in [9.17, 15) is 4.39 Å². The molecular weight excluding hydrogens is 419 g/mol. The number of nitrogens with one attached hydrogen (secondary N) is 1. The smallest absolute Gasteiger partial charge is 0.158 e. The van der Waals surface area contributed by atoms with Crippen molar-refractivity contribution in [3.05, 3.63) is 82.9 Å². The number of pyridine rings is 1. The molecule has 1 heterocycles. The SMILES string of the molecule is OCC(CO)NCCOc1ccc(C#Cc2ncc(-c3ccc(Cl)cc3)cc2F)cc1. The first-order valence-corrected chi connectivity index (χ1v) is 10.1. The first-order chi connectivity index (χ1) is 15.1. The van der Waals surface area contributed by atoms with Crippen LogP contribution in [0.5, 0.6) is 5.75 Å². The molecule has 0 aliphatic carbocycles. The van der Waals surface area contributed by atoms with Crippen molar-refractivity contribution >= 4 is 11.6 Å². The van der Waals surface area contributed by atoms with E-state index >= 15 is 0 Å². The minimum atomic E-state index is -0.489. The highest BCUT2D eigenvalue weighted by molar-refractivity contribution is 6.30. The molecule has 0 radical (unpaired) electrons. The molecule has 3 N–H and O–H groups in total. The number of rotatable bonds is 8. The van der Waals surface area contributed by atoms with Gasteiger partial charge >= 0.3 is 0 Å². The first kappa shape index (κ1) is 22.7. The van der Waals surface area contributed by atoms with E-state index in [0.29, 0.717) is 35.1 Å². The van der Waals surface area contributed by atoms with Crippen molar-refractivity contribution < 1.29 is 19.3 Å². The van der Waals surface area contributed by atoms with Crippen LogP contribution in [0.3, 0.4) is 0 Å². The van der Waals surface area contributed by atoms with Crippen LogP contribution in [-0.2, 0) is 0 Å². The Morgan fingerprint density at radius 1 is 1.00 bits per heavy atom. The van der Waals surface area contributed by atoms with Gasteiger partial charge in [0.25, 0.3) is 0 Å². The van der Waals surface area contributed by atoms with E-state index in [1.165, 1.54) is 6.07 Å². The Kier molecular flexibility index (Phi) is 8.39. The van der Waals surface area contributed by atoms with Gasteiger partial charge in [0.1, 0.15) is 18.1 Å². The fourth-order valence-electron chi connectivity index (χ4n) is 2.71. The lowest BCUT2D eigenvalue weighted by Gasteiger charge is -2.13. The van der Waals surface area contributed by atoms with Crippen LogP contribution < -0.4 is 10.1 Å². The second kappa shape index (κ2) is 11.4. The molecule has 0 aliphatic heterocycles. The molecule has 3 aromatic rings. The maximum atomic E-state index is 14.4. The van der Waals surface area contributed by atoms with Crippen molar-refractivity contribution in [3.8, 4) is 28.7 Å². The zero-order valence-electron chi connectivity index (χ0n) is 16.7. The summed E-state index contributed by atoms with van der Waals surface area (Å²) in [4.78, 5) is 4.14. The average Bonchev–Trinajstić information content (AvgIpc) is 2.80. The van der Waals surface area contributed by atoms with Crippen molar-refractivity contribution in [2.45, 2.75) is 6.04 Å². The lowest BCUT2D eigenvalue weighted by atomic mass is 10.1. The quantitative estimate of drug-likeness (QED) is 0.370. The van der Waals surface area contributed by atoms with Crippen molar-refractivity contribution in [2.24, 2.45) is 0 Å². The fourth-order valence-corrected chi connectivity index (χ4v) is 2.84. The van der Waals surface area contributed by atoms with Crippen LogP contribution in [0.4, 0.5) is 4.39 Å². The second-order valence-electron chi connectivity index (χ2n) is 6.70. The molecule has 7 heteroatoms. The van der Waals surface area contributed by atoms with E-state index in [0.717, 1.165) is 5.56 Å². The zero-order valence-corrected chi connectivity index (χ0v) is 17.4. The van der Waals surface area contributed by atoms with Gasteiger partial charge in [-0.2, -0.15) is 0 Å². The predicted molar refractivity (Wildman–Crippen MR) is 119 cm³/mol. The van der Waals surface area contributed by atoms with Crippen LogP contribution in [0.1, 0.15) is 11.3 Å². The summed E-state index contributed by atoms with van der Waals surface area (Å²) in [6.45, 7) is 0.604. The molecule has 5 nitrogen and oxygen atoms in total. The molecule has 0 bridgehead atoms.